The highest BCUT2D eigenvalue weighted by Gasteiger charge is 2.34. The summed E-state index contributed by atoms with van der Waals surface area (Å²) >= 11 is 0. The third kappa shape index (κ3) is 2.79. The Balaban J connectivity index is 1.73. The fourth-order valence-electron chi connectivity index (χ4n) is 3.17. The molecule has 0 spiro atoms. The van der Waals surface area contributed by atoms with Gasteiger partial charge in [-0.15, -0.1) is 0 Å². The standard InChI is InChI=1S/C18H20FNO/c1-21-16-5-2-13(3-6-16)8-10-18(20)11-9-14-12-15(19)4-7-17(14)18/h2-7,12H,8-11,20H2,1H3. The van der Waals surface area contributed by atoms with E-state index in [0.717, 1.165) is 42.6 Å². The molecule has 2 N–H and O–H groups in total. The molecular formula is C18H20FNO. The van der Waals surface area contributed by atoms with E-state index >= 15 is 0 Å². The van der Waals surface area contributed by atoms with E-state index in [0.29, 0.717) is 0 Å². The number of nitrogens with two attached hydrogens (primary N) is 1. The molecular weight excluding hydrogens is 265 g/mol. The molecule has 0 heterocycles. The highest BCUT2D eigenvalue weighted by molar-refractivity contribution is 5.39. The second-order valence-corrected chi connectivity index (χ2v) is 5.81. The average molecular weight is 285 g/mol. The molecule has 3 rings (SSSR count). The van der Waals surface area contributed by atoms with Crippen LogP contribution in [0.1, 0.15) is 29.5 Å². The Bertz CT molecular complexity index is 638. The minimum atomic E-state index is -0.330. The Kier molecular flexibility index (Phi) is 3.68. The number of hydrogen-bond donors (Lipinski definition) is 1. The molecule has 0 radical (unpaired) electrons. The molecule has 0 amide bonds. The number of benzene rings is 2. The largest absolute Gasteiger partial charge is 0.497 e. The fourth-order valence-corrected chi connectivity index (χ4v) is 3.17. The average Bonchev–Trinajstić information content (AvgIpc) is 2.83. The SMILES string of the molecule is COc1ccc(CCC2(N)CCc3cc(F)ccc32)cc1. The number of halogens is 1. The smallest absolute Gasteiger partial charge is 0.123 e. The van der Waals surface area contributed by atoms with Gasteiger partial charge in [-0.1, -0.05) is 18.2 Å². The predicted octanol–water partition coefficient (Wildman–Crippen LogP) is 3.57. The van der Waals surface area contributed by atoms with Gasteiger partial charge in [0.1, 0.15) is 11.6 Å². The van der Waals surface area contributed by atoms with Gasteiger partial charge in [0.05, 0.1) is 7.11 Å². The van der Waals surface area contributed by atoms with E-state index in [-0.39, 0.29) is 11.4 Å². The van der Waals surface area contributed by atoms with E-state index in [9.17, 15) is 4.39 Å². The monoisotopic (exact) mass is 285 g/mol. The number of fused-ring (bicyclic) bond motifs is 1. The minimum absolute atomic E-state index is 0.173. The van der Waals surface area contributed by atoms with Crippen LogP contribution in [-0.2, 0) is 18.4 Å². The first-order valence-electron chi connectivity index (χ1n) is 7.31. The van der Waals surface area contributed by atoms with Gasteiger partial charge in [-0.25, -0.2) is 4.39 Å². The van der Waals surface area contributed by atoms with Crippen LogP contribution in [0.15, 0.2) is 42.5 Å². The first-order valence-corrected chi connectivity index (χ1v) is 7.31. The van der Waals surface area contributed by atoms with Crippen molar-refractivity contribution in [3.8, 4) is 5.75 Å². The summed E-state index contributed by atoms with van der Waals surface area (Å²) in [6.45, 7) is 0. The Morgan fingerprint density at radius 1 is 1.19 bits per heavy atom. The Morgan fingerprint density at radius 3 is 2.67 bits per heavy atom. The molecule has 0 aliphatic heterocycles. The number of rotatable bonds is 4. The molecule has 2 aromatic carbocycles. The lowest BCUT2D eigenvalue weighted by atomic mass is 9.86. The van der Waals surface area contributed by atoms with Gasteiger partial charge in [0.15, 0.2) is 0 Å². The number of hydrogen-bond acceptors (Lipinski definition) is 2. The van der Waals surface area contributed by atoms with Crippen LogP contribution in [0.25, 0.3) is 0 Å². The van der Waals surface area contributed by atoms with E-state index in [1.807, 2.05) is 18.2 Å². The first-order chi connectivity index (χ1) is 10.1. The lowest BCUT2D eigenvalue weighted by Gasteiger charge is -2.25. The number of ether oxygens (including phenoxy) is 1. The lowest BCUT2D eigenvalue weighted by Crippen LogP contribution is -2.34. The van der Waals surface area contributed by atoms with E-state index in [2.05, 4.69) is 12.1 Å². The van der Waals surface area contributed by atoms with Crippen LogP contribution in [0, 0.1) is 5.82 Å². The summed E-state index contributed by atoms with van der Waals surface area (Å²) in [5.74, 6) is 0.691. The Morgan fingerprint density at radius 2 is 1.95 bits per heavy atom. The van der Waals surface area contributed by atoms with Crippen molar-refractivity contribution in [3.63, 3.8) is 0 Å². The van der Waals surface area contributed by atoms with E-state index in [1.54, 1.807) is 13.2 Å². The van der Waals surface area contributed by atoms with Crippen molar-refractivity contribution in [3.05, 3.63) is 65.0 Å². The zero-order valence-corrected chi connectivity index (χ0v) is 12.2. The van der Waals surface area contributed by atoms with Gasteiger partial charge in [0.25, 0.3) is 0 Å². The van der Waals surface area contributed by atoms with Crippen LogP contribution in [0.3, 0.4) is 0 Å². The molecule has 1 atom stereocenters. The Labute approximate surface area is 124 Å². The molecule has 0 aromatic heterocycles. The molecule has 0 saturated heterocycles. The predicted molar refractivity (Wildman–Crippen MR) is 81.9 cm³/mol. The first kappa shape index (κ1) is 14.1. The Hall–Kier alpha value is -1.87. The topological polar surface area (TPSA) is 35.2 Å². The fraction of sp³-hybridized carbons (Fsp3) is 0.333. The molecule has 1 aliphatic carbocycles. The van der Waals surface area contributed by atoms with E-state index in [4.69, 9.17) is 10.5 Å². The molecule has 2 aromatic rings. The summed E-state index contributed by atoms with van der Waals surface area (Å²) in [6.07, 6.45) is 3.55. The quantitative estimate of drug-likeness (QED) is 0.932. The van der Waals surface area contributed by atoms with Crippen LogP contribution in [0.4, 0.5) is 4.39 Å². The van der Waals surface area contributed by atoms with Gasteiger partial charge in [0.2, 0.25) is 0 Å². The maximum atomic E-state index is 13.3. The van der Waals surface area contributed by atoms with Crippen LogP contribution >= 0.6 is 0 Å². The van der Waals surface area contributed by atoms with E-state index in [1.165, 1.54) is 11.6 Å². The van der Waals surface area contributed by atoms with Crippen molar-refractivity contribution < 1.29 is 9.13 Å². The van der Waals surface area contributed by atoms with Gasteiger partial charge >= 0.3 is 0 Å². The highest BCUT2D eigenvalue weighted by atomic mass is 19.1. The van der Waals surface area contributed by atoms with Gasteiger partial charge in [-0.05, 0) is 66.6 Å². The van der Waals surface area contributed by atoms with Crippen molar-refractivity contribution >= 4 is 0 Å². The van der Waals surface area contributed by atoms with Crippen molar-refractivity contribution in [1.29, 1.82) is 0 Å². The van der Waals surface area contributed by atoms with Crippen LogP contribution in [0.5, 0.6) is 5.75 Å². The van der Waals surface area contributed by atoms with Crippen molar-refractivity contribution in [2.45, 2.75) is 31.2 Å². The zero-order valence-electron chi connectivity index (χ0n) is 12.2. The maximum absolute atomic E-state index is 13.3. The van der Waals surface area contributed by atoms with Gasteiger partial charge < -0.3 is 10.5 Å². The highest BCUT2D eigenvalue weighted by Crippen LogP contribution is 2.38. The van der Waals surface area contributed by atoms with E-state index < -0.39 is 0 Å². The normalized spacial score (nSPS) is 20.3. The summed E-state index contributed by atoms with van der Waals surface area (Å²) < 4.78 is 18.4. The second kappa shape index (κ2) is 5.49. The van der Waals surface area contributed by atoms with Gasteiger partial charge in [-0.2, -0.15) is 0 Å². The van der Waals surface area contributed by atoms with Gasteiger partial charge in [-0.3, -0.25) is 0 Å². The zero-order chi connectivity index (χ0) is 14.9. The molecule has 110 valence electrons. The summed E-state index contributed by atoms with van der Waals surface area (Å²) in [7, 11) is 1.67. The molecule has 0 saturated carbocycles. The lowest BCUT2D eigenvalue weighted by molar-refractivity contribution is 0.405. The molecule has 0 fully saturated rings. The maximum Gasteiger partial charge on any atom is 0.123 e. The van der Waals surface area contributed by atoms with Crippen molar-refractivity contribution in [2.75, 3.05) is 7.11 Å². The summed E-state index contributed by atoms with van der Waals surface area (Å²) in [5, 5.41) is 0. The molecule has 3 heteroatoms. The van der Waals surface area contributed by atoms with Crippen LogP contribution in [0.2, 0.25) is 0 Å². The van der Waals surface area contributed by atoms with Crippen molar-refractivity contribution in [1.82, 2.24) is 0 Å². The van der Waals surface area contributed by atoms with Crippen LogP contribution in [-0.4, -0.2) is 7.11 Å². The minimum Gasteiger partial charge on any atom is -0.497 e. The molecule has 0 bridgehead atoms. The molecule has 1 aliphatic rings. The third-order valence-electron chi connectivity index (χ3n) is 4.46. The molecule has 1 unspecified atom stereocenters. The van der Waals surface area contributed by atoms with Crippen molar-refractivity contribution in [2.24, 2.45) is 5.73 Å². The second-order valence-electron chi connectivity index (χ2n) is 5.81. The summed E-state index contributed by atoms with van der Waals surface area (Å²) in [6, 6.07) is 13.1. The summed E-state index contributed by atoms with van der Waals surface area (Å²) in [4.78, 5) is 0. The third-order valence-corrected chi connectivity index (χ3v) is 4.46. The number of aryl methyl sites for hydroxylation is 2. The summed E-state index contributed by atoms with van der Waals surface area (Å²) in [5.41, 5.74) is 9.66. The van der Waals surface area contributed by atoms with Crippen LogP contribution < -0.4 is 10.5 Å². The number of methoxy groups -OCH3 is 1. The molecule has 2 nitrogen and oxygen atoms in total. The molecule has 21 heavy (non-hydrogen) atoms. The van der Waals surface area contributed by atoms with Gasteiger partial charge in [0, 0.05) is 5.54 Å².